The van der Waals surface area contributed by atoms with Crippen molar-refractivity contribution < 1.29 is 110 Å². The van der Waals surface area contributed by atoms with Crippen LogP contribution in [0.3, 0.4) is 0 Å². The van der Waals surface area contributed by atoms with Crippen molar-refractivity contribution in [2.24, 2.45) is 0 Å². The molecule has 12 nitrogen and oxygen atoms in total. The predicted molar refractivity (Wildman–Crippen MR) is 55.6 cm³/mol. The Morgan fingerprint density at radius 1 is 0.762 bits per heavy atom. The van der Waals surface area contributed by atoms with Gasteiger partial charge < -0.3 is 44.5 Å². The van der Waals surface area contributed by atoms with E-state index in [4.69, 9.17) is 14.7 Å². The van der Waals surface area contributed by atoms with Crippen LogP contribution in [0.5, 0.6) is 0 Å². The Balaban J connectivity index is 0.00000400. The summed E-state index contributed by atoms with van der Waals surface area (Å²) < 4.78 is 29.1. The van der Waals surface area contributed by atoms with Gasteiger partial charge in [-0.05, 0) is 0 Å². The molecule has 0 amide bonds. The molecule has 1 fully saturated rings. The zero-order valence-corrected chi connectivity index (χ0v) is 15.4. The van der Waals surface area contributed by atoms with Crippen LogP contribution in [0.4, 0.5) is 0 Å². The number of aliphatic hydroxyl groups excluding tert-OH is 4. The second-order valence-corrected chi connectivity index (χ2v) is 6.40. The van der Waals surface area contributed by atoms with Crippen molar-refractivity contribution in [2.75, 3.05) is 0 Å². The quantitative estimate of drug-likeness (QED) is 0.179. The van der Waals surface area contributed by atoms with E-state index in [-0.39, 0.29) is 51.4 Å². The maximum atomic E-state index is 10.6. The van der Waals surface area contributed by atoms with Gasteiger partial charge in [0, 0.05) is 0 Å². The van der Waals surface area contributed by atoms with Gasteiger partial charge in [-0.15, -0.1) is 0 Å². The summed E-state index contributed by atoms with van der Waals surface area (Å²) in [7, 11) is -10.6. The third-order valence-corrected chi connectivity index (χ3v) is 3.59. The Hall–Kier alpha value is 1.70. The molecule has 0 aliphatic heterocycles. The second kappa shape index (κ2) is 8.18. The van der Waals surface area contributed by atoms with Gasteiger partial charge in [-0.25, -0.2) is 4.57 Å². The third kappa shape index (κ3) is 6.61. The minimum Gasteiger partial charge on any atom is -0.756 e. The fourth-order valence-electron chi connectivity index (χ4n) is 1.74. The van der Waals surface area contributed by atoms with Crippen LogP contribution >= 0.6 is 15.6 Å². The van der Waals surface area contributed by atoms with E-state index in [1.54, 1.807) is 0 Å². The molecular weight excluding hydrogens is 365 g/mol. The maximum absolute atomic E-state index is 10.6. The van der Waals surface area contributed by atoms with Crippen LogP contribution in [0.2, 0.25) is 0 Å². The SMILES string of the molecule is O=P([O-])(O)OC1C(O)C(O)C(OP(=O)(O)O)C(O)C1O.[K+]. The van der Waals surface area contributed by atoms with Gasteiger partial charge in [0.1, 0.15) is 36.6 Å². The molecule has 0 spiro atoms. The minimum atomic E-state index is -5.41. The Morgan fingerprint density at radius 2 is 1.05 bits per heavy atom. The summed E-state index contributed by atoms with van der Waals surface area (Å²) in [4.78, 5) is 36.1. The van der Waals surface area contributed by atoms with Crippen molar-refractivity contribution >= 4 is 15.6 Å². The summed E-state index contributed by atoms with van der Waals surface area (Å²) in [5.74, 6) is 0. The summed E-state index contributed by atoms with van der Waals surface area (Å²) in [6.45, 7) is 0. The fourth-order valence-corrected chi connectivity index (χ4v) is 2.87. The van der Waals surface area contributed by atoms with Crippen LogP contribution in [0.25, 0.3) is 0 Å². The maximum Gasteiger partial charge on any atom is 1.00 e. The van der Waals surface area contributed by atoms with E-state index in [0.717, 1.165) is 0 Å². The Bertz CT molecular complexity index is 377. The van der Waals surface area contributed by atoms with Crippen LogP contribution in [-0.2, 0) is 18.2 Å². The summed E-state index contributed by atoms with van der Waals surface area (Å²) >= 11 is 0. The molecule has 0 radical (unpaired) electrons. The van der Waals surface area contributed by atoms with Crippen molar-refractivity contribution in [1.29, 1.82) is 0 Å². The molecule has 21 heavy (non-hydrogen) atoms. The molecule has 0 aromatic heterocycles. The van der Waals surface area contributed by atoms with Crippen LogP contribution < -0.4 is 56.3 Å². The van der Waals surface area contributed by atoms with E-state index < -0.39 is 52.3 Å². The van der Waals surface area contributed by atoms with E-state index in [2.05, 4.69) is 9.05 Å². The third-order valence-electron chi connectivity index (χ3n) is 2.56. The number of hydrogen-bond donors (Lipinski definition) is 7. The molecule has 120 valence electrons. The standard InChI is InChI=1S/C6H14O12P2.K/c7-1-2(8)6(18-20(14,15)16)4(10)3(9)5(1)17-19(11,12)13;/h1-10H,(H2,11,12,13)(H2,14,15,16);/q;+1/p-1. The average Bonchev–Trinajstić information content (AvgIpc) is 2.25. The van der Waals surface area contributed by atoms with Crippen LogP contribution in [-0.4, -0.2) is 71.7 Å². The molecule has 1 aliphatic carbocycles. The van der Waals surface area contributed by atoms with E-state index in [1.807, 2.05) is 0 Å². The van der Waals surface area contributed by atoms with Gasteiger partial charge in [0.05, 0.1) is 0 Å². The molecule has 1 rings (SSSR count). The van der Waals surface area contributed by atoms with Gasteiger partial charge in [0.2, 0.25) is 0 Å². The zero-order valence-electron chi connectivity index (χ0n) is 10.5. The van der Waals surface area contributed by atoms with E-state index in [1.165, 1.54) is 0 Å². The Morgan fingerprint density at radius 3 is 1.29 bits per heavy atom. The minimum absolute atomic E-state index is 0. The number of aliphatic hydroxyl groups is 4. The number of rotatable bonds is 4. The van der Waals surface area contributed by atoms with Crippen LogP contribution in [0, 0.1) is 0 Å². The molecule has 0 heterocycles. The van der Waals surface area contributed by atoms with E-state index in [9.17, 15) is 34.4 Å². The monoisotopic (exact) mass is 378 g/mol. The molecule has 0 aromatic rings. The van der Waals surface area contributed by atoms with Gasteiger partial charge in [-0.3, -0.25) is 9.09 Å². The van der Waals surface area contributed by atoms with Gasteiger partial charge in [0.25, 0.3) is 7.82 Å². The van der Waals surface area contributed by atoms with Gasteiger partial charge in [-0.1, -0.05) is 0 Å². The van der Waals surface area contributed by atoms with Crippen molar-refractivity contribution in [2.45, 2.75) is 36.6 Å². The van der Waals surface area contributed by atoms with E-state index in [0.29, 0.717) is 0 Å². The second-order valence-electron chi connectivity index (χ2n) is 4.06. The molecule has 1 aliphatic rings. The predicted octanol–water partition coefficient (Wildman–Crippen LogP) is -7.23. The molecule has 7 N–H and O–H groups in total. The van der Waals surface area contributed by atoms with Gasteiger partial charge >= 0.3 is 59.2 Å². The van der Waals surface area contributed by atoms with Gasteiger partial charge in [-0.2, -0.15) is 0 Å². The largest absolute Gasteiger partial charge is 1.00 e. The molecule has 0 bridgehead atoms. The first-order valence-corrected chi connectivity index (χ1v) is 8.04. The first-order valence-electron chi connectivity index (χ1n) is 5.02. The number of hydrogen-bond acceptors (Lipinski definition) is 9. The molecular formula is C6H13KO12P2. The normalized spacial score (nSPS) is 40.2. The topological polar surface area (TPSA) is 217 Å². The zero-order chi connectivity index (χ0) is 15.9. The molecule has 0 saturated heterocycles. The summed E-state index contributed by atoms with van der Waals surface area (Å²) in [5, 5.41) is 38.0. The first-order chi connectivity index (χ1) is 8.83. The molecule has 15 heteroatoms. The number of phosphoric acid groups is 2. The summed E-state index contributed by atoms with van der Waals surface area (Å²) in [6.07, 6.45) is -13.1. The smallest absolute Gasteiger partial charge is 0.756 e. The molecule has 0 aromatic carbocycles. The van der Waals surface area contributed by atoms with Crippen molar-refractivity contribution in [3.8, 4) is 0 Å². The van der Waals surface area contributed by atoms with Gasteiger partial charge in [0.15, 0.2) is 0 Å². The van der Waals surface area contributed by atoms with Crippen molar-refractivity contribution in [3.63, 3.8) is 0 Å². The average molecular weight is 378 g/mol. The van der Waals surface area contributed by atoms with E-state index >= 15 is 0 Å². The first kappa shape index (κ1) is 22.7. The summed E-state index contributed by atoms with van der Waals surface area (Å²) in [6, 6.07) is 0. The fraction of sp³-hybridized carbons (Fsp3) is 1.00. The molecule has 1 saturated carbocycles. The number of phosphoric ester groups is 2. The Kier molecular flexibility index (Phi) is 8.85. The Labute approximate surface area is 160 Å². The van der Waals surface area contributed by atoms with Crippen LogP contribution in [0.1, 0.15) is 0 Å². The molecule has 5 atom stereocenters. The summed E-state index contributed by atoms with van der Waals surface area (Å²) in [5.41, 5.74) is 0. The van der Waals surface area contributed by atoms with Crippen molar-refractivity contribution in [1.82, 2.24) is 0 Å². The van der Waals surface area contributed by atoms with Crippen LogP contribution in [0.15, 0.2) is 0 Å². The van der Waals surface area contributed by atoms with Crippen molar-refractivity contribution in [3.05, 3.63) is 0 Å². The molecule has 5 unspecified atom stereocenters.